The van der Waals surface area contributed by atoms with Crippen LogP contribution in [0.3, 0.4) is 0 Å². The van der Waals surface area contributed by atoms with Crippen LogP contribution in [-0.2, 0) is 27.5 Å². The summed E-state index contributed by atoms with van der Waals surface area (Å²) in [6, 6.07) is 22.2. The van der Waals surface area contributed by atoms with Crippen molar-refractivity contribution in [3.8, 4) is 0 Å². The van der Waals surface area contributed by atoms with Crippen molar-refractivity contribution in [2.45, 2.75) is 26.9 Å². The first-order valence-electron chi connectivity index (χ1n) is 11.1. The first kappa shape index (κ1) is 22.9. The molecule has 172 valence electrons. The summed E-state index contributed by atoms with van der Waals surface area (Å²) in [5.41, 5.74) is 3.65. The van der Waals surface area contributed by atoms with Crippen LogP contribution >= 0.6 is 0 Å². The molecule has 1 aromatic heterocycles. The van der Waals surface area contributed by atoms with E-state index in [0.717, 1.165) is 5.56 Å². The zero-order valence-corrected chi connectivity index (χ0v) is 19.2. The highest BCUT2D eigenvalue weighted by atomic mass is 16.2. The quantitative estimate of drug-likeness (QED) is 0.523. The van der Waals surface area contributed by atoms with Gasteiger partial charge in [-0.2, -0.15) is 0 Å². The van der Waals surface area contributed by atoms with Gasteiger partial charge in [0.25, 0.3) is 11.8 Å². The standard InChI is InChI=1S/C27H26N4O3/c1-3-30(17-20-9-5-4-6-10-20)25-24(21-12-14-22(15-13-21)29-19(2)32)26(33)31(27(25)34)18-23-11-7-8-16-28-23/h4-16H,3,17-18H2,1-2H3,(H,29,32). The number of carbonyl (C=O) groups excluding carboxylic acids is 3. The molecular formula is C27H26N4O3. The van der Waals surface area contributed by atoms with Crippen LogP contribution in [0.4, 0.5) is 5.69 Å². The largest absolute Gasteiger partial charge is 0.362 e. The molecule has 0 atom stereocenters. The maximum atomic E-state index is 13.6. The second-order valence-corrected chi connectivity index (χ2v) is 8.00. The fraction of sp³-hybridized carbons (Fsp3) is 0.185. The highest BCUT2D eigenvalue weighted by molar-refractivity contribution is 6.35. The molecule has 0 saturated heterocycles. The molecule has 7 nitrogen and oxygen atoms in total. The van der Waals surface area contributed by atoms with Crippen LogP contribution in [0, 0.1) is 0 Å². The van der Waals surface area contributed by atoms with Gasteiger partial charge in [-0.1, -0.05) is 48.5 Å². The van der Waals surface area contributed by atoms with Crippen molar-refractivity contribution in [3.63, 3.8) is 0 Å². The van der Waals surface area contributed by atoms with Crippen molar-refractivity contribution in [3.05, 3.63) is 102 Å². The van der Waals surface area contributed by atoms with Crippen LogP contribution in [0.5, 0.6) is 0 Å². The van der Waals surface area contributed by atoms with E-state index < -0.39 is 0 Å². The molecule has 2 aromatic carbocycles. The van der Waals surface area contributed by atoms with E-state index in [1.54, 1.807) is 42.6 Å². The van der Waals surface area contributed by atoms with E-state index in [1.807, 2.05) is 48.2 Å². The Kier molecular flexibility index (Phi) is 6.82. The van der Waals surface area contributed by atoms with Gasteiger partial charge in [0.1, 0.15) is 5.70 Å². The number of anilines is 1. The summed E-state index contributed by atoms with van der Waals surface area (Å²) in [5.74, 6) is -0.875. The van der Waals surface area contributed by atoms with Crippen LogP contribution in [0.25, 0.3) is 5.57 Å². The highest BCUT2D eigenvalue weighted by Gasteiger charge is 2.41. The normalized spacial score (nSPS) is 13.4. The summed E-state index contributed by atoms with van der Waals surface area (Å²) < 4.78 is 0. The number of amides is 3. The molecule has 0 unspecified atom stereocenters. The second kappa shape index (κ2) is 10.1. The molecule has 0 bridgehead atoms. The van der Waals surface area contributed by atoms with Crippen molar-refractivity contribution < 1.29 is 14.4 Å². The SMILES string of the molecule is CCN(Cc1ccccc1)C1=C(c2ccc(NC(C)=O)cc2)C(=O)N(Cc2ccccn2)C1=O. The summed E-state index contributed by atoms with van der Waals surface area (Å²) in [5, 5.41) is 2.73. The predicted molar refractivity (Wildman–Crippen MR) is 130 cm³/mol. The van der Waals surface area contributed by atoms with Gasteiger partial charge in [-0.15, -0.1) is 0 Å². The van der Waals surface area contributed by atoms with Gasteiger partial charge in [-0.3, -0.25) is 24.3 Å². The lowest BCUT2D eigenvalue weighted by Gasteiger charge is -2.25. The van der Waals surface area contributed by atoms with Gasteiger partial charge in [0, 0.05) is 31.9 Å². The van der Waals surface area contributed by atoms with Crippen molar-refractivity contribution in [2.75, 3.05) is 11.9 Å². The minimum absolute atomic E-state index is 0.0956. The number of carbonyl (C=O) groups is 3. The topological polar surface area (TPSA) is 82.6 Å². The minimum Gasteiger partial charge on any atom is -0.362 e. The number of pyridine rings is 1. The second-order valence-electron chi connectivity index (χ2n) is 8.00. The zero-order valence-electron chi connectivity index (χ0n) is 19.2. The van der Waals surface area contributed by atoms with E-state index in [2.05, 4.69) is 10.3 Å². The van der Waals surface area contributed by atoms with Gasteiger partial charge in [0.2, 0.25) is 5.91 Å². The number of imide groups is 1. The van der Waals surface area contributed by atoms with Crippen LogP contribution in [0.15, 0.2) is 84.7 Å². The Morgan fingerprint density at radius 2 is 1.65 bits per heavy atom. The third-order valence-electron chi connectivity index (χ3n) is 5.60. The van der Waals surface area contributed by atoms with E-state index in [0.29, 0.717) is 41.3 Å². The minimum atomic E-state index is -0.357. The molecule has 1 aliphatic rings. The predicted octanol–water partition coefficient (Wildman–Crippen LogP) is 3.84. The lowest BCUT2D eigenvalue weighted by Crippen LogP contribution is -2.35. The summed E-state index contributed by atoms with van der Waals surface area (Å²) in [6.45, 7) is 4.54. The van der Waals surface area contributed by atoms with E-state index in [9.17, 15) is 14.4 Å². The summed E-state index contributed by atoms with van der Waals surface area (Å²) in [7, 11) is 0. The summed E-state index contributed by atoms with van der Waals surface area (Å²) in [6.07, 6.45) is 1.64. The number of aromatic nitrogens is 1. The third kappa shape index (κ3) is 4.88. The molecular weight excluding hydrogens is 428 g/mol. The molecule has 4 rings (SSSR count). The first-order valence-corrected chi connectivity index (χ1v) is 11.1. The Morgan fingerprint density at radius 3 is 2.26 bits per heavy atom. The summed E-state index contributed by atoms with van der Waals surface area (Å²) >= 11 is 0. The molecule has 7 heteroatoms. The average molecular weight is 455 g/mol. The number of rotatable bonds is 8. The Balaban J connectivity index is 1.74. The molecule has 34 heavy (non-hydrogen) atoms. The molecule has 0 spiro atoms. The lowest BCUT2D eigenvalue weighted by molar-refractivity contribution is -0.138. The molecule has 3 amide bonds. The number of likely N-dealkylation sites (N-methyl/N-ethyl adjacent to an activating group) is 1. The van der Waals surface area contributed by atoms with Crippen molar-refractivity contribution in [1.82, 2.24) is 14.8 Å². The van der Waals surface area contributed by atoms with Crippen LogP contribution in [0.1, 0.15) is 30.7 Å². The van der Waals surface area contributed by atoms with Crippen LogP contribution in [-0.4, -0.2) is 39.1 Å². The smallest absolute Gasteiger partial charge is 0.278 e. The lowest BCUT2D eigenvalue weighted by atomic mass is 10.0. The van der Waals surface area contributed by atoms with E-state index in [4.69, 9.17) is 0 Å². The maximum absolute atomic E-state index is 13.6. The number of hydrogen-bond donors (Lipinski definition) is 1. The van der Waals surface area contributed by atoms with Gasteiger partial charge in [-0.05, 0) is 42.3 Å². The molecule has 3 aromatic rings. The van der Waals surface area contributed by atoms with Gasteiger partial charge in [0.05, 0.1) is 17.8 Å². The van der Waals surface area contributed by atoms with E-state index in [-0.39, 0.29) is 24.3 Å². The van der Waals surface area contributed by atoms with E-state index >= 15 is 0 Å². The van der Waals surface area contributed by atoms with Crippen LogP contribution in [0.2, 0.25) is 0 Å². The average Bonchev–Trinajstić information content (AvgIpc) is 3.09. The monoisotopic (exact) mass is 454 g/mol. The molecule has 0 aliphatic carbocycles. The molecule has 1 N–H and O–H groups in total. The Morgan fingerprint density at radius 1 is 0.941 bits per heavy atom. The highest BCUT2D eigenvalue weighted by Crippen LogP contribution is 2.33. The van der Waals surface area contributed by atoms with Crippen molar-refractivity contribution >= 4 is 29.0 Å². The van der Waals surface area contributed by atoms with Crippen molar-refractivity contribution in [2.24, 2.45) is 0 Å². The molecule has 2 heterocycles. The first-order chi connectivity index (χ1) is 16.5. The Hall–Kier alpha value is -4.26. The Bertz CT molecular complexity index is 1220. The zero-order chi connectivity index (χ0) is 24.1. The number of nitrogens with one attached hydrogen (secondary N) is 1. The number of hydrogen-bond acceptors (Lipinski definition) is 5. The fourth-order valence-electron chi connectivity index (χ4n) is 3.99. The third-order valence-corrected chi connectivity index (χ3v) is 5.60. The van der Waals surface area contributed by atoms with Crippen molar-refractivity contribution in [1.29, 1.82) is 0 Å². The molecule has 0 radical (unpaired) electrons. The number of nitrogens with zero attached hydrogens (tertiary/aromatic N) is 3. The van der Waals surface area contributed by atoms with Gasteiger partial charge in [-0.25, -0.2) is 0 Å². The van der Waals surface area contributed by atoms with Gasteiger partial charge >= 0.3 is 0 Å². The van der Waals surface area contributed by atoms with Gasteiger partial charge in [0.15, 0.2) is 0 Å². The van der Waals surface area contributed by atoms with Gasteiger partial charge < -0.3 is 10.2 Å². The Labute approximate surface area is 198 Å². The molecule has 1 aliphatic heterocycles. The number of benzene rings is 2. The molecule has 0 saturated carbocycles. The van der Waals surface area contributed by atoms with E-state index in [1.165, 1.54) is 11.8 Å². The summed E-state index contributed by atoms with van der Waals surface area (Å²) in [4.78, 5) is 46.1. The van der Waals surface area contributed by atoms with Crippen LogP contribution < -0.4 is 5.32 Å². The molecule has 0 fully saturated rings. The maximum Gasteiger partial charge on any atom is 0.278 e. The fourth-order valence-corrected chi connectivity index (χ4v) is 3.99.